The molecule has 0 spiro atoms. The molecule has 0 aliphatic heterocycles. The summed E-state index contributed by atoms with van der Waals surface area (Å²) in [6.45, 7) is 0.883. The molecule has 1 aromatic heterocycles. The molecule has 0 atom stereocenters. The minimum absolute atomic E-state index is 0.0519. The number of nitrogens with zero attached hydrogens (tertiary/aromatic N) is 3. The molecule has 0 bridgehead atoms. The van der Waals surface area contributed by atoms with Gasteiger partial charge in [-0.25, -0.2) is 9.48 Å². The third-order valence-corrected chi connectivity index (χ3v) is 3.39. The Balaban J connectivity index is 1.61. The van der Waals surface area contributed by atoms with Gasteiger partial charge in [0.25, 0.3) is 0 Å². The SMILES string of the molecule is O=C(Cn1cc(C(=O)O)nn1)NCCOC1CCCCC1. The van der Waals surface area contributed by atoms with Gasteiger partial charge in [0, 0.05) is 6.54 Å². The van der Waals surface area contributed by atoms with Gasteiger partial charge in [0.05, 0.1) is 18.9 Å². The standard InChI is InChI=1S/C13H20N4O4/c18-12(9-17-8-11(13(19)20)15-16-17)14-6-7-21-10-4-2-1-3-5-10/h8,10H,1-7,9H2,(H,14,18)(H,19,20). The molecule has 1 amide bonds. The minimum atomic E-state index is -1.16. The highest BCUT2D eigenvalue weighted by Crippen LogP contribution is 2.19. The van der Waals surface area contributed by atoms with Crippen LogP contribution in [-0.2, 0) is 16.1 Å². The van der Waals surface area contributed by atoms with E-state index >= 15 is 0 Å². The number of hydrogen-bond acceptors (Lipinski definition) is 5. The van der Waals surface area contributed by atoms with Crippen molar-refractivity contribution >= 4 is 11.9 Å². The maximum Gasteiger partial charge on any atom is 0.358 e. The smallest absolute Gasteiger partial charge is 0.358 e. The topological polar surface area (TPSA) is 106 Å². The van der Waals surface area contributed by atoms with E-state index in [9.17, 15) is 9.59 Å². The van der Waals surface area contributed by atoms with E-state index in [2.05, 4.69) is 15.6 Å². The maximum atomic E-state index is 11.6. The van der Waals surface area contributed by atoms with Gasteiger partial charge >= 0.3 is 5.97 Å². The van der Waals surface area contributed by atoms with Crippen LogP contribution in [0.25, 0.3) is 0 Å². The molecular formula is C13H20N4O4. The van der Waals surface area contributed by atoms with E-state index in [-0.39, 0.29) is 18.1 Å². The molecule has 0 radical (unpaired) electrons. The van der Waals surface area contributed by atoms with Crippen molar-refractivity contribution in [3.8, 4) is 0 Å². The number of carboxylic acids is 1. The molecule has 1 saturated carbocycles. The number of hydrogen-bond donors (Lipinski definition) is 2. The zero-order chi connectivity index (χ0) is 15.1. The summed E-state index contributed by atoms with van der Waals surface area (Å²) in [5.41, 5.74) is -0.177. The Morgan fingerprint density at radius 1 is 1.38 bits per heavy atom. The number of amides is 1. The van der Waals surface area contributed by atoms with Crippen molar-refractivity contribution in [2.24, 2.45) is 0 Å². The molecule has 1 aliphatic rings. The molecule has 1 fully saturated rings. The molecular weight excluding hydrogens is 276 g/mol. The van der Waals surface area contributed by atoms with Crippen LogP contribution in [0, 0.1) is 0 Å². The number of carboxylic acid groups (broad SMARTS) is 1. The van der Waals surface area contributed by atoms with Crippen LogP contribution < -0.4 is 5.32 Å². The first-order chi connectivity index (χ1) is 10.1. The van der Waals surface area contributed by atoms with Crippen molar-refractivity contribution in [3.63, 3.8) is 0 Å². The van der Waals surface area contributed by atoms with E-state index in [1.54, 1.807) is 0 Å². The Bertz CT molecular complexity index is 482. The highest BCUT2D eigenvalue weighted by Gasteiger charge is 2.14. The second kappa shape index (κ2) is 7.72. The number of nitrogens with one attached hydrogen (secondary N) is 1. The van der Waals surface area contributed by atoms with Gasteiger partial charge in [-0.3, -0.25) is 4.79 Å². The minimum Gasteiger partial charge on any atom is -0.476 e. The van der Waals surface area contributed by atoms with Crippen molar-refractivity contribution < 1.29 is 19.4 Å². The molecule has 0 saturated heterocycles. The van der Waals surface area contributed by atoms with Gasteiger partial charge in [0.15, 0.2) is 5.69 Å². The Labute approximate surface area is 122 Å². The lowest BCUT2D eigenvalue weighted by atomic mass is 9.98. The number of ether oxygens (including phenoxy) is 1. The van der Waals surface area contributed by atoms with E-state index in [1.165, 1.54) is 30.1 Å². The van der Waals surface area contributed by atoms with Crippen LogP contribution in [0.5, 0.6) is 0 Å². The van der Waals surface area contributed by atoms with E-state index in [1.807, 2.05) is 0 Å². The van der Waals surface area contributed by atoms with E-state index in [4.69, 9.17) is 9.84 Å². The summed E-state index contributed by atoms with van der Waals surface area (Å²) in [4.78, 5) is 22.3. The number of aromatic carboxylic acids is 1. The van der Waals surface area contributed by atoms with Crippen molar-refractivity contribution in [1.82, 2.24) is 20.3 Å². The van der Waals surface area contributed by atoms with E-state index < -0.39 is 5.97 Å². The van der Waals surface area contributed by atoms with Gasteiger partial charge in [-0.1, -0.05) is 24.5 Å². The van der Waals surface area contributed by atoms with Crippen molar-refractivity contribution in [2.45, 2.75) is 44.8 Å². The lowest BCUT2D eigenvalue weighted by Crippen LogP contribution is -2.32. The quantitative estimate of drug-likeness (QED) is 0.707. The number of rotatable bonds is 7. The Morgan fingerprint density at radius 2 is 2.14 bits per heavy atom. The van der Waals surface area contributed by atoms with Gasteiger partial charge in [-0.2, -0.15) is 0 Å². The second-order valence-electron chi connectivity index (χ2n) is 5.09. The molecule has 8 heteroatoms. The normalized spacial score (nSPS) is 15.8. The van der Waals surface area contributed by atoms with Crippen LogP contribution in [-0.4, -0.2) is 51.2 Å². The van der Waals surface area contributed by atoms with Crippen molar-refractivity contribution in [3.05, 3.63) is 11.9 Å². The summed E-state index contributed by atoms with van der Waals surface area (Å²) >= 11 is 0. The van der Waals surface area contributed by atoms with Crippen LogP contribution in [0.2, 0.25) is 0 Å². The summed E-state index contributed by atoms with van der Waals surface area (Å²) in [6, 6.07) is 0. The second-order valence-corrected chi connectivity index (χ2v) is 5.09. The predicted octanol–water partition coefficient (Wildman–Crippen LogP) is 0.442. The first-order valence-corrected chi connectivity index (χ1v) is 7.17. The lowest BCUT2D eigenvalue weighted by molar-refractivity contribution is -0.122. The Morgan fingerprint density at radius 3 is 2.81 bits per heavy atom. The average Bonchev–Trinajstić information content (AvgIpc) is 2.93. The third kappa shape index (κ3) is 5.14. The fourth-order valence-corrected chi connectivity index (χ4v) is 2.32. The van der Waals surface area contributed by atoms with Crippen molar-refractivity contribution in [2.75, 3.05) is 13.2 Å². The fourth-order valence-electron chi connectivity index (χ4n) is 2.32. The van der Waals surface area contributed by atoms with E-state index in [0.29, 0.717) is 19.3 Å². The molecule has 0 aromatic carbocycles. The predicted molar refractivity (Wildman–Crippen MR) is 72.8 cm³/mol. The van der Waals surface area contributed by atoms with Gasteiger partial charge in [0.1, 0.15) is 6.54 Å². The van der Waals surface area contributed by atoms with Crippen LogP contribution in [0.3, 0.4) is 0 Å². The summed E-state index contributed by atoms with van der Waals surface area (Å²) in [7, 11) is 0. The molecule has 0 unspecified atom stereocenters. The van der Waals surface area contributed by atoms with E-state index in [0.717, 1.165) is 12.8 Å². The van der Waals surface area contributed by atoms with Crippen molar-refractivity contribution in [1.29, 1.82) is 0 Å². The summed E-state index contributed by atoms with van der Waals surface area (Å²) in [5, 5.41) is 18.4. The molecule has 8 nitrogen and oxygen atoms in total. The van der Waals surface area contributed by atoms with Gasteiger partial charge in [-0.15, -0.1) is 5.10 Å². The maximum absolute atomic E-state index is 11.6. The monoisotopic (exact) mass is 296 g/mol. The Hall–Kier alpha value is -1.96. The number of carbonyl (C=O) groups excluding carboxylic acids is 1. The average molecular weight is 296 g/mol. The molecule has 116 valence electrons. The van der Waals surface area contributed by atoms with Gasteiger partial charge in [-0.05, 0) is 12.8 Å². The molecule has 1 aromatic rings. The first-order valence-electron chi connectivity index (χ1n) is 7.17. The Kier molecular flexibility index (Phi) is 5.68. The largest absolute Gasteiger partial charge is 0.476 e. The van der Waals surface area contributed by atoms with Crippen LogP contribution >= 0.6 is 0 Å². The molecule has 2 N–H and O–H groups in total. The fraction of sp³-hybridized carbons (Fsp3) is 0.692. The zero-order valence-electron chi connectivity index (χ0n) is 11.8. The first kappa shape index (κ1) is 15.4. The molecule has 21 heavy (non-hydrogen) atoms. The zero-order valence-corrected chi connectivity index (χ0v) is 11.8. The summed E-state index contributed by atoms with van der Waals surface area (Å²) in [6.07, 6.45) is 7.47. The summed E-state index contributed by atoms with van der Waals surface area (Å²) < 4.78 is 6.89. The number of aromatic nitrogens is 3. The van der Waals surface area contributed by atoms with Gasteiger partial charge in [0.2, 0.25) is 5.91 Å². The number of carbonyl (C=O) groups is 2. The molecule has 1 aliphatic carbocycles. The summed E-state index contributed by atoms with van der Waals surface area (Å²) in [5.74, 6) is -1.41. The lowest BCUT2D eigenvalue weighted by Gasteiger charge is -2.21. The highest BCUT2D eigenvalue weighted by molar-refractivity contribution is 5.84. The van der Waals surface area contributed by atoms with Crippen LogP contribution in [0.1, 0.15) is 42.6 Å². The van der Waals surface area contributed by atoms with Crippen LogP contribution in [0.15, 0.2) is 6.20 Å². The third-order valence-electron chi connectivity index (χ3n) is 3.39. The van der Waals surface area contributed by atoms with Crippen LogP contribution in [0.4, 0.5) is 0 Å². The highest BCUT2D eigenvalue weighted by atomic mass is 16.5. The molecule has 2 rings (SSSR count). The molecule has 1 heterocycles. The van der Waals surface area contributed by atoms with Gasteiger partial charge < -0.3 is 15.2 Å².